The van der Waals surface area contributed by atoms with Crippen LogP contribution in [0, 0.1) is 17.3 Å². The van der Waals surface area contributed by atoms with Crippen molar-refractivity contribution in [1.29, 1.82) is 0 Å². The molecule has 0 aromatic heterocycles. The molecule has 1 N–H and O–H groups in total. The van der Waals surface area contributed by atoms with Gasteiger partial charge < -0.3 is 19.9 Å². The van der Waals surface area contributed by atoms with Crippen molar-refractivity contribution >= 4 is 23.3 Å². The van der Waals surface area contributed by atoms with Gasteiger partial charge in [-0.3, -0.25) is 9.59 Å². The zero-order chi connectivity index (χ0) is 22.4. The highest BCUT2D eigenvalue weighted by Gasteiger charge is 2.33. The number of carbonyl (C=O) groups is 2. The van der Waals surface area contributed by atoms with Crippen molar-refractivity contribution < 1.29 is 14.3 Å². The van der Waals surface area contributed by atoms with Gasteiger partial charge in [-0.2, -0.15) is 0 Å². The minimum Gasteiger partial charge on any atom is -0.455 e. The molecule has 1 amide bonds. The van der Waals surface area contributed by atoms with Crippen LogP contribution < -0.4 is 10.2 Å². The number of nitrogens with one attached hydrogen (secondary N) is 1. The minimum atomic E-state index is -0.291. The molecular formula is C25H39N3O3. The molecule has 1 heterocycles. The average Bonchev–Trinajstić information content (AvgIpc) is 2.77. The maximum atomic E-state index is 12.4. The molecule has 0 bridgehead atoms. The summed E-state index contributed by atoms with van der Waals surface area (Å²) in [6.07, 6.45) is 3.82. The second kappa shape index (κ2) is 10.5. The van der Waals surface area contributed by atoms with Gasteiger partial charge in [-0.05, 0) is 67.8 Å². The van der Waals surface area contributed by atoms with E-state index in [0.29, 0.717) is 5.92 Å². The Kier molecular flexibility index (Phi) is 7.98. The highest BCUT2D eigenvalue weighted by atomic mass is 16.5. The third kappa shape index (κ3) is 6.70. The molecule has 6 nitrogen and oxygen atoms in total. The SMILES string of the molecule is CCN1CCN(c2ccc(NC(=O)COC(=O)C3CCC(C(C)(C)C)CC3)cc2)CC1. The van der Waals surface area contributed by atoms with Crippen LogP contribution in [0.5, 0.6) is 0 Å². The molecule has 31 heavy (non-hydrogen) atoms. The van der Waals surface area contributed by atoms with E-state index in [2.05, 4.69) is 42.8 Å². The zero-order valence-electron chi connectivity index (χ0n) is 19.7. The number of carbonyl (C=O) groups excluding carboxylic acids is 2. The molecule has 6 heteroatoms. The summed E-state index contributed by atoms with van der Waals surface area (Å²) in [6.45, 7) is 14.1. The predicted octanol–water partition coefficient (Wildman–Crippen LogP) is 4.16. The number of hydrogen-bond donors (Lipinski definition) is 1. The number of hydrogen-bond acceptors (Lipinski definition) is 5. The summed E-state index contributed by atoms with van der Waals surface area (Å²) in [7, 11) is 0. The maximum absolute atomic E-state index is 12.4. The fraction of sp³-hybridized carbons (Fsp3) is 0.680. The van der Waals surface area contributed by atoms with E-state index in [0.717, 1.165) is 64.1 Å². The standard InChI is InChI=1S/C25H39N3O3/c1-5-27-14-16-28(17-15-27)22-12-10-21(11-13-22)26-23(29)18-31-24(30)19-6-8-20(9-7-19)25(2,3)4/h10-13,19-20H,5-9,14-18H2,1-4H3,(H,26,29). The normalized spacial score (nSPS) is 22.8. The lowest BCUT2D eigenvalue weighted by Crippen LogP contribution is -2.46. The first kappa shape index (κ1) is 23.6. The fourth-order valence-electron chi connectivity index (χ4n) is 4.72. The third-order valence-electron chi connectivity index (χ3n) is 6.97. The monoisotopic (exact) mass is 429 g/mol. The first-order valence-corrected chi connectivity index (χ1v) is 11.8. The first-order valence-electron chi connectivity index (χ1n) is 11.8. The molecule has 1 saturated carbocycles. The summed E-state index contributed by atoms with van der Waals surface area (Å²) in [5.74, 6) is 0.0577. The van der Waals surface area contributed by atoms with Crippen molar-refractivity contribution in [2.75, 3.05) is 49.5 Å². The molecule has 1 aliphatic carbocycles. The van der Waals surface area contributed by atoms with Gasteiger partial charge in [0.2, 0.25) is 0 Å². The Morgan fingerprint density at radius 1 is 1.00 bits per heavy atom. The van der Waals surface area contributed by atoms with E-state index >= 15 is 0 Å². The summed E-state index contributed by atoms with van der Waals surface area (Å²) in [4.78, 5) is 29.4. The molecule has 1 aliphatic heterocycles. The van der Waals surface area contributed by atoms with E-state index < -0.39 is 0 Å². The number of piperazine rings is 1. The van der Waals surface area contributed by atoms with Crippen LogP contribution in [0.2, 0.25) is 0 Å². The summed E-state index contributed by atoms with van der Waals surface area (Å²) in [6, 6.07) is 7.90. The Morgan fingerprint density at radius 3 is 2.16 bits per heavy atom. The number of amides is 1. The Hall–Kier alpha value is -2.08. The van der Waals surface area contributed by atoms with Crippen molar-refractivity contribution in [2.45, 2.75) is 53.4 Å². The van der Waals surface area contributed by atoms with Gasteiger partial charge in [-0.1, -0.05) is 27.7 Å². The topological polar surface area (TPSA) is 61.9 Å². The van der Waals surface area contributed by atoms with Gasteiger partial charge in [0.1, 0.15) is 0 Å². The van der Waals surface area contributed by atoms with Gasteiger partial charge in [-0.15, -0.1) is 0 Å². The van der Waals surface area contributed by atoms with E-state index in [1.165, 1.54) is 5.69 Å². The van der Waals surface area contributed by atoms with Crippen LogP contribution in [0.25, 0.3) is 0 Å². The lowest BCUT2D eigenvalue weighted by molar-refractivity contribution is -0.153. The Labute approximate surface area is 187 Å². The average molecular weight is 430 g/mol. The van der Waals surface area contributed by atoms with E-state index in [-0.39, 0.29) is 29.8 Å². The van der Waals surface area contributed by atoms with E-state index in [1.54, 1.807) is 0 Å². The van der Waals surface area contributed by atoms with Gasteiger partial charge >= 0.3 is 5.97 Å². The quantitative estimate of drug-likeness (QED) is 0.688. The summed E-state index contributed by atoms with van der Waals surface area (Å²) in [5.41, 5.74) is 2.18. The van der Waals surface area contributed by atoms with Crippen molar-refractivity contribution in [2.24, 2.45) is 17.3 Å². The number of anilines is 2. The molecule has 1 aromatic carbocycles. The maximum Gasteiger partial charge on any atom is 0.309 e. The molecule has 2 fully saturated rings. The molecule has 0 unspecified atom stereocenters. The summed E-state index contributed by atoms with van der Waals surface area (Å²) < 4.78 is 5.31. The Bertz CT molecular complexity index is 725. The number of rotatable bonds is 6. The van der Waals surface area contributed by atoms with Gasteiger partial charge in [0.25, 0.3) is 5.91 Å². The molecule has 1 aromatic rings. The van der Waals surface area contributed by atoms with Gasteiger partial charge in [0.05, 0.1) is 5.92 Å². The summed E-state index contributed by atoms with van der Waals surface area (Å²) in [5, 5.41) is 2.83. The molecular weight excluding hydrogens is 390 g/mol. The van der Waals surface area contributed by atoms with Gasteiger partial charge in [0.15, 0.2) is 6.61 Å². The third-order valence-corrected chi connectivity index (χ3v) is 6.97. The molecule has 1 saturated heterocycles. The van der Waals surface area contributed by atoms with Crippen LogP contribution in [0.4, 0.5) is 11.4 Å². The molecule has 0 atom stereocenters. The summed E-state index contributed by atoms with van der Waals surface area (Å²) >= 11 is 0. The first-order chi connectivity index (χ1) is 14.8. The Morgan fingerprint density at radius 2 is 1.61 bits per heavy atom. The van der Waals surface area contributed by atoms with Gasteiger partial charge in [0, 0.05) is 37.6 Å². The molecule has 172 valence electrons. The van der Waals surface area contributed by atoms with Crippen molar-refractivity contribution in [3.63, 3.8) is 0 Å². The van der Waals surface area contributed by atoms with E-state index in [1.807, 2.05) is 24.3 Å². The van der Waals surface area contributed by atoms with Crippen molar-refractivity contribution in [1.82, 2.24) is 4.90 Å². The minimum absolute atomic E-state index is 0.0705. The lowest BCUT2D eigenvalue weighted by atomic mass is 9.70. The predicted molar refractivity (Wildman–Crippen MR) is 125 cm³/mol. The highest BCUT2D eigenvalue weighted by Crippen LogP contribution is 2.40. The van der Waals surface area contributed by atoms with E-state index in [9.17, 15) is 9.59 Å². The lowest BCUT2D eigenvalue weighted by Gasteiger charge is -2.36. The Balaban J connectivity index is 1.39. The second-order valence-corrected chi connectivity index (χ2v) is 10.0. The number of likely N-dealkylation sites (N-methyl/N-ethyl adjacent to an activating group) is 1. The van der Waals surface area contributed by atoms with Crippen LogP contribution >= 0.6 is 0 Å². The molecule has 2 aliphatic rings. The second-order valence-electron chi connectivity index (χ2n) is 10.0. The highest BCUT2D eigenvalue weighted by molar-refractivity contribution is 5.93. The van der Waals surface area contributed by atoms with Crippen LogP contribution in [-0.2, 0) is 14.3 Å². The molecule has 0 radical (unpaired) electrons. The number of nitrogens with zero attached hydrogens (tertiary/aromatic N) is 2. The zero-order valence-corrected chi connectivity index (χ0v) is 19.7. The van der Waals surface area contributed by atoms with Crippen LogP contribution in [0.1, 0.15) is 53.4 Å². The van der Waals surface area contributed by atoms with Crippen LogP contribution in [-0.4, -0.2) is 56.1 Å². The number of esters is 1. The molecule has 0 spiro atoms. The van der Waals surface area contributed by atoms with Crippen molar-refractivity contribution in [3.8, 4) is 0 Å². The number of ether oxygens (including phenoxy) is 1. The number of benzene rings is 1. The van der Waals surface area contributed by atoms with Crippen molar-refractivity contribution in [3.05, 3.63) is 24.3 Å². The smallest absolute Gasteiger partial charge is 0.309 e. The largest absolute Gasteiger partial charge is 0.455 e. The van der Waals surface area contributed by atoms with Gasteiger partial charge in [-0.25, -0.2) is 0 Å². The molecule has 3 rings (SSSR count). The fourth-order valence-corrected chi connectivity index (χ4v) is 4.72. The van der Waals surface area contributed by atoms with E-state index in [4.69, 9.17) is 4.74 Å². The van der Waals surface area contributed by atoms with Crippen LogP contribution in [0.3, 0.4) is 0 Å². The van der Waals surface area contributed by atoms with Crippen LogP contribution in [0.15, 0.2) is 24.3 Å².